The molecule has 0 aliphatic rings. The zero-order valence-corrected chi connectivity index (χ0v) is 15.1. The monoisotopic (exact) mass is 365 g/mol. The first kappa shape index (κ1) is 18.3. The lowest BCUT2D eigenvalue weighted by molar-refractivity contribution is -0.120. The van der Waals surface area contributed by atoms with Gasteiger partial charge in [0.1, 0.15) is 5.01 Å². The Morgan fingerprint density at radius 3 is 2.58 bits per heavy atom. The predicted octanol–water partition coefficient (Wildman–Crippen LogP) is 1.97. The standard InChI is InChI=1S/C16H19N3O3S2/c1-12-3-5-14(6-4-12)7-8-24(21,22)18-9-15(20)17-10-16-19-13(2)11-23-16/h3-8,11,18H,9-10H2,1-2H3,(H,17,20). The van der Waals surface area contributed by atoms with E-state index in [4.69, 9.17) is 0 Å². The van der Waals surface area contributed by atoms with Crippen LogP contribution in [0.25, 0.3) is 6.08 Å². The number of rotatable bonds is 7. The van der Waals surface area contributed by atoms with Gasteiger partial charge in [-0.05, 0) is 25.5 Å². The van der Waals surface area contributed by atoms with Gasteiger partial charge in [-0.1, -0.05) is 29.8 Å². The largest absolute Gasteiger partial charge is 0.348 e. The number of benzene rings is 1. The Morgan fingerprint density at radius 1 is 1.25 bits per heavy atom. The minimum absolute atomic E-state index is 0.290. The zero-order valence-electron chi connectivity index (χ0n) is 13.4. The Kier molecular flexibility index (Phi) is 6.24. The quantitative estimate of drug-likeness (QED) is 0.785. The second-order valence-corrected chi connectivity index (χ2v) is 7.83. The average Bonchev–Trinajstić information content (AvgIpc) is 2.96. The van der Waals surface area contributed by atoms with Crippen molar-refractivity contribution in [2.24, 2.45) is 0 Å². The summed E-state index contributed by atoms with van der Waals surface area (Å²) < 4.78 is 26.0. The number of amides is 1. The van der Waals surface area contributed by atoms with Crippen LogP contribution >= 0.6 is 11.3 Å². The third-order valence-corrected chi connectivity index (χ3v) is 5.06. The van der Waals surface area contributed by atoms with Crippen LogP contribution in [0.5, 0.6) is 0 Å². The highest BCUT2D eigenvalue weighted by atomic mass is 32.2. The maximum absolute atomic E-state index is 11.9. The van der Waals surface area contributed by atoms with Crippen molar-refractivity contribution >= 4 is 33.3 Å². The van der Waals surface area contributed by atoms with Crippen LogP contribution in [0.4, 0.5) is 0 Å². The van der Waals surface area contributed by atoms with Crippen molar-refractivity contribution in [2.75, 3.05) is 6.54 Å². The number of nitrogens with one attached hydrogen (secondary N) is 2. The maximum Gasteiger partial charge on any atom is 0.235 e. The van der Waals surface area contributed by atoms with Crippen molar-refractivity contribution in [3.63, 3.8) is 0 Å². The Hall–Kier alpha value is -2.03. The predicted molar refractivity (Wildman–Crippen MR) is 95.8 cm³/mol. The molecule has 6 nitrogen and oxygen atoms in total. The Bertz CT molecular complexity index is 825. The molecule has 2 aromatic rings. The molecule has 8 heteroatoms. The lowest BCUT2D eigenvalue weighted by atomic mass is 10.2. The Morgan fingerprint density at radius 2 is 1.96 bits per heavy atom. The molecule has 1 aromatic carbocycles. The van der Waals surface area contributed by atoms with Crippen LogP contribution in [0.3, 0.4) is 0 Å². The molecule has 1 amide bonds. The van der Waals surface area contributed by atoms with Crippen molar-refractivity contribution in [1.29, 1.82) is 0 Å². The van der Waals surface area contributed by atoms with Gasteiger partial charge in [-0.15, -0.1) is 11.3 Å². The fourth-order valence-electron chi connectivity index (χ4n) is 1.78. The molecule has 0 spiro atoms. The molecule has 0 atom stereocenters. The SMILES string of the molecule is Cc1ccc(C=CS(=O)(=O)NCC(=O)NCc2nc(C)cs2)cc1. The lowest BCUT2D eigenvalue weighted by Gasteiger charge is -2.04. The first-order valence-corrected chi connectivity index (χ1v) is 9.69. The molecule has 0 bridgehead atoms. The summed E-state index contributed by atoms with van der Waals surface area (Å²) in [4.78, 5) is 15.9. The number of carbonyl (C=O) groups excluding carboxylic acids is 1. The van der Waals surface area contributed by atoms with Crippen molar-refractivity contribution in [3.8, 4) is 0 Å². The zero-order chi connectivity index (χ0) is 17.6. The Balaban J connectivity index is 1.80. The summed E-state index contributed by atoms with van der Waals surface area (Å²) in [5, 5.41) is 6.34. The molecule has 2 rings (SSSR count). The van der Waals surface area contributed by atoms with E-state index in [2.05, 4.69) is 15.0 Å². The number of hydrogen-bond acceptors (Lipinski definition) is 5. The van der Waals surface area contributed by atoms with Crippen LogP contribution in [0.15, 0.2) is 35.1 Å². The van der Waals surface area contributed by atoms with E-state index in [1.807, 2.05) is 43.5 Å². The Labute approximate surface area is 145 Å². The van der Waals surface area contributed by atoms with Gasteiger partial charge in [-0.2, -0.15) is 0 Å². The molecule has 0 radical (unpaired) electrons. The van der Waals surface area contributed by atoms with E-state index < -0.39 is 15.9 Å². The van der Waals surface area contributed by atoms with Crippen LogP contribution in [-0.2, 0) is 21.4 Å². The summed E-state index contributed by atoms with van der Waals surface area (Å²) in [5.41, 5.74) is 2.76. The van der Waals surface area contributed by atoms with Gasteiger partial charge in [0, 0.05) is 16.5 Å². The summed E-state index contributed by atoms with van der Waals surface area (Å²) in [6.07, 6.45) is 1.48. The van der Waals surface area contributed by atoms with Gasteiger partial charge >= 0.3 is 0 Å². The number of carbonyl (C=O) groups is 1. The van der Waals surface area contributed by atoms with E-state index in [0.717, 1.165) is 27.2 Å². The summed E-state index contributed by atoms with van der Waals surface area (Å²) >= 11 is 1.45. The fraction of sp³-hybridized carbons (Fsp3) is 0.250. The molecular weight excluding hydrogens is 346 g/mol. The summed E-state index contributed by atoms with van der Waals surface area (Å²) in [5.74, 6) is -0.407. The first-order chi connectivity index (χ1) is 11.3. The smallest absolute Gasteiger partial charge is 0.235 e. The van der Waals surface area contributed by atoms with E-state index >= 15 is 0 Å². The van der Waals surface area contributed by atoms with Crippen LogP contribution in [0.2, 0.25) is 0 Å². The van der Waals surface area contributed by atoms with Crippen molar-refractivity contribution in [1.82, 2.24) is 15.0 Å². The highest BCUT2D eigenvalue weighted by Crippen LogP contribution is 2.08. The molecule has 1 heterocycles. The van der Waals surface area contributed by atoms with Gasteiger partial charge in [0.05, 0.1) is 13.1 Å². The molecule has 1 aromatic heterocycles. The van der Waals surface area contributed by atoms with E-state index in [0.29, 0.717) is 0 Å². The number of sulfonamides is 1. The molecule has 0 aliphatic carbocycles. The number of aryl methyl sites for hydroxylation is 2. The van der Waals surface area contributed by atoms with Gasteiger partial charge < -0.3 is 5.32 Å². The molecule has 24 heavy (non-hydrogen) atoms. The van der Waals surface area contributed by atoms with Gasteiger partial charge in [-0.3, -0.25) is 4.79 Å². The molecular formula is C16H19N3O3S2. The molecule has 128 valence electrons. The second-order valence-electron chi connectivity index (χ2n) is 5.24. The van der Waals surface area contributed by atoms with E-state index in [9.17, 15) is 13.2 Å². The topological polar surface area (TPSA) is 88.2 Å². The maximum atomic E-state index is 11.9. The average molecular weight is 365 g/mol. The highest BCUT2D eigenvalue weighted by molar-refractivity contribution is 7.92. The molecule has 0 fully saturated rings. The van der Waals surface area contributed by atoms with Crippen LogP contribution < -0.4 is 10.0 Å². The van der Waals surface area contributed by atoms with Crippen LogP contribution in [-0.4, -0.2) is 25.9 Å². The van der Waals surface area contributed by atoms with Crippen molar-refractivity contribution in [3.05, 3.63) is 56.9 Å². The fourth-order valence-corrected chi connectivity index (χ4v) is 3.26. The molecule has 0 aliphatic heterocycles. The number of thiazole rings is 1. The summed E-state index contributed by atoms with van der Waals surface area (Å²) in [6.45, 7) is 3.80. The van der Waals surface area contributed by atoms with Crippen LogP contribution in [0, 0.1) is 13.8 Å². The number of hydrogen-bond donors (Lipinski definition) is 2. The van der Waals surface area contributed by atoms with Crippen molar-refractivity contribution < 1.29 is 13.2 Å². The number of aromatic nitrogens is 1. The normalized spacial score (nSPS) is 11.8. The third kappa shape index (κ3) is 6.23. The van der Waals surface area contributed by atoms with Crippen LogP contribution in [0.1, 0.15) is 21.8 Å². The van der Waals surface area contributed by atoms with Gasteiger partial charge in [0.25, 0.3) is 0 Å². The van der Waals surface area contributed by atoms with E-state index in [1.54, 1.807) is 0 Å². The van der Waals surface area contributed by atoms with E-state index in [1.165, 1.54) is 17.4 Å². The third-order valence-electron chi connectivity index (χ3n) is 3.05. The summed E-state index contributed by atoms with van der Waals surface area (Å²) in [6, 6.07) is 7.44. The molecule has 0 saturated carbocycles. The number of nitrogens with zero attached hydrogens (tertiary/aromatic N) is 1. The van der Waals surface area contributed by atoms with Gasteiger partial charge in [-0.25, -0.2) is 18.1 Å². The highest BCUT2D eigenvalue weighted by Gasteiger charge is 2.09. The van der Waals surface area contributed by atoms with Crippen molar-refractivity contribution in [2.45, 2.75) is 20.4 Å². The summed E-state index contributed by atoms with van der Waals surface area (Å²) in [7, 11) is -3.67. The molecule has 2 N–H and O–H groups in total. The minimum Gasteiger partial charge on any atom is -0.348 e. The molecule has 0 unspecified atom stereocenters. The minimum atomic E-state index is -3.67. The first-order valence-electron chi connectivity index (χ1n) is 7.26. The second kappa shape index (κ2) is 8.18. The molecule has 0 saturated heterocycles. The van der Waals surface area contributed by atoms with Gasteiger partial charge in [0.2, 0.25) is 15.9 Å². The lowest BCUT2D eigenvalue weighted by Crippen LogP contribution is -2.35. The van der Waals surface area contributed by atoms with Gasteiger partial charge in [0.15, 0.2) is 0 Å². The van der Waals surface area contributed by atoms with E-state index in [-0.39, 0.29) is 13.1 Å².